The average molecular weight is 686 g/mol. The molecule has 2 heterocycles. The van der Waals surface area contributed by atoms with Crippen molar-refractivity contribution in [1.82, 2.24) is 41.9 Å². The molecule has 0 saturated carbocycles. The number of pyridine rings is 1. The van der Waals surface area contributed by atoms with E-state index in [0.717, 1.165) is 5.69 Å². The van der Waals surface area contributed by atoms with Crippen LogP contribution in [0.4, 0.5) is 0 Å². The van der Waals surface area contributed by atoms with E-state index in [1.165, 1.54) is 30.9 Å². The topological polar surface area (TPSA) is 213 Å². The number of rotatable bonds is 19. The van der Waals surface area contributed by atoms with Crippen LogP contribution in [0.5, 0.6) is 0 Å². The minimum atomic E-state index is -0.949. The third kappa shape index (κ3) is 14.2. The lowest BCUT2D eigenvalue weighted by Gasteiger charge is -2.29. The number of hydrogen-bond acceptors (Lipinski definition) is 8. The quantitative estimate of drug-likeness (QED) is 0.0830. The number of nitrogens with one attached hydrogen (secondary N) is 7. The standard InChI is InChI=1S/C34H55N9O6/c1-9-11-26(40-32(47)27(17-34(6,7)8)41-30(45)23-12-14-43(49)15-13-23)31(46)39-25(16-24-18-35-20-38-24)19-37-22(5)29(44)42-28(21(3)4)33(48)36-10-2/h12-15,18,20-22,25-28,37H,9-11,16-17,19H2,1-8H3,(H,35,38)(H,36,48)(H,39,46)(H,40,47)(H,41,45)(H,42,44)/t22-,25-,26-,27-,28-/m0/s1. The molecule has 2 aromatic heterocycles. The van der Waals surface area contributed by atoms with Gasteiger partial charge in [-0.05, 0) is 38.0 Å². The zero-order chi connectivity index (χ0) is 36.7. The number of aromatic amines is 1. The van der Waals surface area contributed by atoms with Crippen LogP contribution in [0, 0.1) is 16.5 Å². The van der Waals surface area contributed by atoms with Gasteiger partial charge in [-0.1, -0.05) is 48.0 Å². The van der Waals surface area contributed by atoms with Gasteiger partial charge in [0.1, 0.15) is 18.1 Å². The first-order chi connectivity index (χ1) is 23.0. The molecule has 2 aromatic rings. The van der Waals surface area contributed by atoms with Gasteiger partial charge in [0.2, 0.25) is 23.6 Å². The molecule has 0 radical (unpaired) electrons. The first-order valence-corrected chi connectivity index (χ1v) is 16.9. The van der Waals surface area contributed by atoms with Crippen LogP contribution >= 0.6 is 0 Å². The van der Waals surface area contributed by atoms with Crippen molar-refractivity contribution in [2.45, 2.75) is 111 Å². The Hall–Kier alpha value is -4.53. The van der Waals surface area contributed by atoms with Gasteiger partial charge >= 0.3 is 0 Å². The Morgan fingerprint density at radius 3 is 2.10 bits per heavy atom. The number of H-pyrrole nitrogens is 1. The van der Waals surface area contributed by atoms with E-state index in [0.29, 0.717) is 37.0 Å². The Kier molecular flexibility index (Phi) is 16.1. The van der Waals surface area contributed by atoms with Crippen LogP contribution in [0.1, 0.15) is 90.7 Å². The van der Waals surface area contributed by atoms with Crippen LogP contribution in [-0.2, 0) is 25.6 Å². The number of amides is 5. The molecule has 0 unspecified atom stereocenters. The fraction of sp³-hybridized carbons (Fsp3) is 0.618. The lowest BCUT2D eigenvalue weighted by atomic mass is 9.87. The summed E-state index contributed by atoms with van der Waals surface area (Å²) in [6, 6.07) is -1.00. The largest absolute Gasteiger partial charge is 0.619 e. The second kappa shape index (κ2) is 19.5. The van der Waals surface area contributed by atoms with Gasteiger partial charge in [0.15, 0.2) is 12.4 Å². The minimum absolute atomic E-state index is 0.124. The van der Waals surface area contributed by atoms with E-state index in [9.17, 15) is 29.2 Å². The molecule has 15 heteroatoms. The van der Waals surface area contributed by atoms with Gasteiger partial charge < -0.3 is 42.1 Å². The molecule has 7 N–H and O–H groups in total. The summed E-state index contributed by atoms with van der Waals surface area (Å²) in [7, 11) is 0. The molecular formula is C34H55N9O6. The number of imidazole rings is 1. The first-order valence-electron chi connectivity index (χ1n) is 16.9. The normalized spacial score (nSPS) is 14.6. The Balaban J connectivity index is 2.17. The van der Waals surface area contributed by atoms with Gasteiger partial charge in [-0.15, -0.1) is 0 Å². The maximum atomic E-state index is 13.7. The predicted molar refractivity (Wildman–Crippen MR) is 185 cm³/mol. The second-order valence-corrected chi connectivity index (χ2v) is 13.8. The summed E-state index contributed by atoms with van der Waals surface area (Å²) in [6.45, 7) is 15.6. The van der Waals surface area contributed by atoms with Crippen LogP contribution in [0.15, 0.2) is 37.1 Å². The van der Waals surface area contributed by atoms with Crippen molar-refractivity contribution in [3.05, 3.63) is 53.5 Å². The van der Waals surface area contributed by atoms with E-state index in [-0.39, 0.29) is 35.3 Å². The molecule has 49 heavy (non-hydrogen) atoms. The molecule has 0 aliphatic carbocycles. The SMILES string of the molecule is CCC[C@H](NC(=O)[C@H](CC(C)(C)C)NC(=O)c1cc[n+]([O-])cc1)C(=O)N[C@H](CN[C@@H](C)C(=O)N[C@H](C(=O)NCC)C(C)C)Cc1cnc[nH]1. The predicted octanol–water partition coefficient (Wildman–Crippen LogP) is 0.845. The molecule has 0 aliphatic heterocycles. The Morgan fingerprint density at radius 2 is 1.55 bits per heavy atom. The highest BCUT2D eigenvalue weighted by atomic mass is 16.5. The molecule has 0 saturated heterocycles. The maximum Gasteiger partial charge on any atom is 0.252 e. The van der Waals surface area contributed by atoms with Gasteiger partial charge in [-0.2, -0.15) is 4.73 Å². The lowest BCUT2D eigenvalue weighted by molar-refractivity contribution is -0.605. The highest BCUT2D eigenvalue weighted by molar-refractivity contribution is 5.98. The zero-order valence-corrected chi connectivity index (χ0v) is 30.0. The van der Waals surface area contributed by atoms with Gasteiger partial charge in [0.25, 0.3) is 5.91 Å². The number of carbonyl (C=O) groups is 5. The van der Waals surface area contributed by atoms with Crippen molar-refractivity contribution >= 4 is 29.5 Å². The number of nitrogens with zero attached hydrogens (tertiary/aromatic N) is 2. The summed E-state index contributed by atoms with van der Waals surface area (Å²) < 4.78 is 0.561. The fourth-order valence-corrected chi connectivity index (χ4v) is 5.10. The van der Waals surface area contributed by atoms with Crippen LogP contribution < -0.4 is 36.6 Å². The van der Waals surface area contributed by atoms with Gasteiger partial charge in [0.05, 0.1) is 17.9 Å². The first kappa shape index (κ1) is 40.6. The monoisotopic (exact) mass is 685 g/mol. The highest BCUT2D eigenvalue weighted by Crippen LogP contribution is 2.21. The van der Waals surface area contributed by atoms with E-state index in [1.807, 2.05) is 48.5 Å². The molecule has 2 rings (SSSR count). The third-order valence-electron chi connectivity index (χ3n) is 7.74. The van der Waals surface area contributed by atoms with Crippen LogP contribution in [0.3, 0.4) is 0 Å². The lowest BCUT2D eigenvalue weighted by Crippen LogP contribution is -2.58. The minimum Gasteiger partial charge on any atom is -0.619 e. The average Bonchev–Trinajstić information content (AvgIpc) is 3.54. The molecule has 5 amide bonds. The fourth-order valence-electron chi connectivity index (χ4n) is 5.10. The van der Waals surface area contributed by atoms with Crippen molar-refractivity contribution in [2.24, 2.45) is 11.3 Å². The number of hydrogen-bond donors (Lipinski definition) is 7. The summed E-state index contributed by atoms with van der Waals surface area (Å²) in [5.74, 6) is -2.18. The van der Waals surface area contributed by atoms with Crippen molar-refractivity contribution in [3.63, 3.8) is 0 Å². The van der Waals surface area contributed by atoms with E-state index in [1.54, 1.807) is 13.1 Å². The van der Waals surface area contributed by atoms with Crippen molar-refractivity contribution < 1.29 is 28.7 Å². The highest BCUT2D eigenvalue weighted by Gasteiger charge is 2.31. The molecule has 0 aliphatic rings. The smallest absolute Gasteiger partial charge is 0.252 e. The Bertz CT molecular complexity index is 1360. The summed E-state index contributed by atoms with van der Waals surface area (Å²) in [6.07, 6.45) is 7.16. The van der Waals surface area contributed by atoms with E-state index >= 15 is 0 Å². The van der Waals surface area contributed by atoms with Gasteiger partial charge in [-0.25, -0.2) is 4.98 Å². The van der Waals surface area contributed by atoms with Gasteiger partial charge in [0, 0.05) is 49.6 Å². The Morgan fingerprint density at radius 1 is 0.898 bits per heavy atom. The van der Waals surface area contributed by atoms with Crippen molar-refractivity contribution in [1.29, 1.82) is 0 Å². The number of carbonyl (C=O) groups excluding carboxylic acids is 5. The molecule has 15 nitrogen and oxygen atoms in total. The number of likely N-dealkylation sites (N-methyl/N-ethyl adjacent to an activating group) is 1. The van der Waals surface area contributed by atoms with E-state index in [2.05, 4.69) is 41.9 Å². The molecule has 0 bridgehead atoms. The van der Waals surface area contributed by atoms with Crippen LogP contribution in [0.2, 0.25) is 0 Å². The molecular weight excluding hydrogens is 630 g/mol. The number of aromatic nitrogens is 3. The summed E-state index contributed by atoms with van der Waals surface area (Å²) >= 11 is 0. The van der Waals surface area contributed by atoms with Crippen LogP contribution in [0.25, 0.3) is 0 Å². The molecule has 5 atom stereocenters. The third-order valence-corrected chi connectivity index (χ3v) is 7.74. The van der Waals surface area contributed by atoms with Crippen molar-refractivity contribution in [2.75, 3.05) is 13.1 Å². The van der Waals surface area contributed by atoms with Crippen LogP contribution in [-0.4, -0.2) is 82.8 Å². The Labute approximate surface area is 289 Å². The molecule has 0 aromatic carbocycles. The van der Waals surface area contributed by atoms with Crippen molar-refractivity contribution in [3.8, 4) is 0 Å². The summed E-state index contributed by atoms with van der Waals surface area (Å²) in [5.41, 5.74) is 0.640. The van der Waals surface area contributed by atoms with E-state index in [4.69, 9.17) is 0 Å². The molecule has 0 fully saturated rings. The maximum absolute atomic E-state index is 13.7. The second-order valence-electron chi connectivity index (χ2n) is 13.8. The zero-order valence-electron chi connectivity index (χ0n) is 30.0. The summed E-state index contributed by atoms with van der Waals surface area (Å²) in [5, 5.41) is 28.8. The summed E-state index contributed by atoms with van der Waals surface area (Å²) in [4.78, 5) is 72.9. The molecule has 272 valence electrons. The van der Waals surface area contributed by atoms with E-state index < -0.39 is 47.9 Å². The molecule has 0 spiro atoms. The van der Waals surface area contributed by atoms with Gasteiger partial charge in [-0.3, -0.25) is 24.0 Å².